The summed E-state index contributed by atoms with van der Waals surface area (Å²) < 4.78 is 25.7. The summed E-state index contributed by atoms with van der Waals surface area (Å²) in [6.07, 6.45) is 7.73. The van der Waals surface area contributed by atoms with Gasteiger partial charge in [0.05, 0.1) is 17.5 Å². The maximum atomic E-state index is 12.0. The second-order valence-electron chi connectivity index (χ2n) is 6.94. The van der Waals surface area contributed by atoms with Crippen LogP contribution in [0, 0.1) is 0 Å². The van der Waals surface area contributed by atoms with Crippen molar-refractivity contribution in [2.45, 2.75) is 43.8 Å². The molecule has 2 aromatic rings. The van der Waals surface area contributed by atoms with E-state index in [1.54, 1.807) is 10.5 Å². The molecule has 1 amide bonds. The van der Waals surface area contributed by atoms with E-state index in [1.165, 1.54) is 12.5 Å². The number of sulfonamides is 1. The van der Waals surface area contributed by atoms with E-state index < -0.39 is 15.9 Å². The molecule has 134 valence electrons. The summed E-state index contributed by atoms with van der Waals surface area (Å²) in [7, 11) is -3.19. The van der Waals surface area contributed by atoms with E-state index in [4.69, 9.17) is 5.73 Å². The van der Waals surface area contributed by atoms with Crippen LogP contribution in [0.3, 0.4) is 0 Å². The number of pyridine rings is 1. The minimum absolute atomic E-state index is 0.0202. The Kier molecular flexibility index (Phi) is 3.73. The van der Waals surface area contributed by atoms with Crippen LogP contribution in [-0.2, 0) is 10.0 Å². The van der Waals surface area contributed by atoms with Gasteiger partial charge < -0.3 is 16.0 Å². The van der Waals surface area contributed by atoms with Gasteiger partial charge >= 0.3 is 0 Å². The normalized spacial score (nSPS) is 26.8. The average Bonchev–Trinajstić information content (AvgIpc) is 3.10. The highest BCUT2D eigenvalue weighted by Gasteiger charge is 2.45. The summed E-state index contributed by atoms with van der Waals surface area (Å²) >= 11 is 0. The zero-order chi connectivity index (χ0) is 17.8. The van der Waals surface area contributed by atoms with E-state index in [2.05, 4.69) is 15.3 Å². The highest BCUT2D eigenvalue weighted by Crippen LogP contribution is 2.39. The van der Waals surface area contributed by atoms with Crippen molar-refractivity contribution in [3.8, 4) is 0 Å². The maximum absolute atomic E-state index is 12.0. The number of rotatable bonds is 4. The summed E-state index contributed by atoms with van der Waals surface area (Å²) in [5.74, 6) is -0.533. The van der Waals surface area contributed by atoms with E-state index in [0.29, 0.717) is 16.9 Å². The van der Waals surface area contributed by atoms with E-state index >= 15 is 0 Å². The summed E-state index contributed by atoms with van der Waals surface area (Å²) in [4.78, 5) is 19.0. The van der Waals surface area contributed by atoms with Gasteiger partial charge in [-0.25, -0.2) is 13.4 Å². The van der Waals surface area contributed by atoms with Gasteiger partial charge in [-0.15, -0.1) is 0 Å². The first-order valence-corrected chi connectivity index (χ1v) is 10.2. The molecule has 0 saturated carbocycles. The molecule has 4 N–H and O–H groups in total. The molecule has 0 spiro atoms. The van der Waals surface area contributed by atoms with Gasteiger partial charge in [0.25, 0.3) is 5.91 Å². The Bertz CT molecular complexity index is 924. The molecule has 4 rings (SSSR count). The Morgan fingerprint density at radius 2 is 2.04 bits per heavy atom. The lowest BCUT2D eigenvalue weighted by Gasteiger charge is -2.38. The molecule has 9 heteroatoms. The van der Waals surface area contributed by atoms with Gasteiger partial charge in [0.15, 0.2) is 0 Å². The number of hydrogen-bond acceptors (Lipinski definition) is 5. The van der Waals surface area contributed by atoms with Crippen molar-refractivity contribution in [1.29, 1.82) is 0 Å². The standard InChI is InChI=1S/C16H21N5O3S/c1-25(23,24)21-10-2-3-11(21)7-9(6-10)20-14-12-4-5-18-16(12)19-8-13(14)15(17)22/h4-5,8-11H,2-3,6-7H2,1H3,(H2,17,22)(H2,18,19,20)/t9-,10-,11+. The van der Waals surface area contributed by atoms with Crippen LogP contribution in [0.4, 0.5) is 5.69 Å². The van der Waals surface area contributed by atoms with E-state index in [-0.39, 0.29) is 18.1 Å². The highest BCUT2D eigenvalue weighted by molar-refractivity contribution is 7.88. The predicted molar refractivity (Wildman–Crippen MR) is 94.7 cm³/mol. The first-order chi connectivity index (χ1) is 11.8. The van der Waals surface area contributed by atoms with Gasteiger partial charge in [0.2, 0.25) is 10.0 Å². The molecule has 2 aliphatic heterocycles. The van der Waals surface area contributed by atoms with Crippen molar-refractivity contribution in [2.75, 3.05) is 11.6 Å². The van der Waals surface area contributed by atoms with Crippen LogP contribution in [-0.4, -0.2) is 53.0 Å². The van der Waals surface area contributed by atoms with Gasteiger partial charge in [-0.05, 0) is 31.7 Å². The molecule has 0 radical (unpaired) electrons. The van der Waals surface area contributed by atoms with E-state index in [1.807, 2.05) is 6.07 Å². The number of aromatic amines is 1. The van der Waals surface area contributed by atoms with Crippen LogP contribution >= 0.6 is 0 Å². The lowest BCUT2D eigenvalue weighted by atomic mass is 9.98. The SMILES string of the molecule is CS(=O)(=O)N1[C@@H]2CC[C@H]1C[C@H](Nc1c(C(N)=O)cnc3[nH]ccc13)C2. The number of nitrogens with zero attached hydrogens (tertiary/aromatic N) is 2. The molecule has 8 nitrogen and oxygen atoms in total. The number of carbonyl (C=O) groups is 1. The van der Waals surface area contributed by atoms with Gasteiger partial charge in [-0.1, -0.05) is 0 Å². The second kappa shape index (κ2) is 5.70. The molecule has 0 aliphatic carbocycles. The number of H-pyrrole nitrogens is 1. The molecule has 2 saturated heterocycles. The number of amides is 1. The fourth-order valence-electron chi connectivity index (χ4n) is 4.35. The molecule has 2 bridgehead atoms. The maximum Gasteiger partial charge on any atom is 0.252 e. The van der Waals surface area contributed by atoms with Crippen molar-refractivity contribution in [3.63, 3.8) is 0 Å². The number of nitrogens with one attached hydrogen (secondary N) is 2. The number of nitrogens with two attached hydrogens (primary N) is 1. The van der Waals surface area contributed by atoms with Crippen molar-refractivity contribution < 1.29 is 13.2 Å². The third kappa shape index (κ3) is 2.77. The molecular formula is C16H21N5O3S. The number of primary amides is 1. The first kappa shape index (κ1) is 16.3. The number of hydrogen-bond donors (Lipinski definition) is 3. The van der Waals surface area contributed by atoms with E-state index in [0.717, 1.165) is 31.1 Å². The largest absolute Gasteiger partial charge is 0.381 e. The molecule has 0 aromatic carbocycles. The summed E-state index contributed by atoms with van der Waals surface area (Å²) in [6, 6.07) is 1.99. The van der Waals surface area contributed by atoms with Crippen LogP contribution in [0.5, 0.6) is 0 Å². The lowest BCUT2D eigenvalue weighted by molar-refractivity contribution is 0.100. The third-order valence-electron chi connectivity index (χ3n) is 5.25. The Hall–Kier alpha value is -2.13. The minimum Gasteiger partial charge on any atom is -0.381 e. The minimum atomic E-state index is -3.19. The first-order valence-electron chi connectivity index (χ1n) is 8.35. The number of carbonyl (C=O) groups excluding carboxylic acids is 1. The van der Waals surface area contributed by atoms with Crippen LogP contribution in [0.2, 0.25) is 0 Å². The monoisotopic (exact) mass is 363 g/mol. The lowest BCUT2D eigenvalue weighted by Crippen LogP contribution is -2.49. The highest BCUT2D eigenvalue weighted by atomic mass is 32.2. The van der Waals surface area contributed by atoms with Crippen LogP contribution in [0.15, 0.2) is 18.5 Å². The molecule has 2 aromatic heterocycles. The molecule has 0 unspecified atom stereocenters. The molecule has 3 atom stereocenters. The zero-order valence-electron chi connectivity index (χ0n) is 13.9. The van der Waals surface area contributed by atoms with Gasteiger partial charge in [-0.3, -0.25) is 4.79 Å². The quantitative estimate of drug-likeness (QED) is 0.749. The van der Waals surface area contributed by atoms with Gasteiger partial charge in [-0.2, -0.15) is 4.31 Å². The Balaban J connectivity index is 1.64. The molecule has 25 heavy (non-hydrogen) atoms. The van der Waals surface area contributed by atoms with Crippen molar-refractivity contribution in [2.24, 2.45) is 5.73 Å². The van der Waals surface area contributed by atoms with Crippen molar-refractivity contribution in [3.05, 3.63) is 24.0 Å². The fraction of sp³-hybridized carbons (Fsp3) is 0.500. The number of fused-ring (bicyclic) bond motifs is 3. The summed E-state index contributed by atoms with van der Waals surface area (Å²) in [6.45, 7) is 0. The van der Waals surface area contributed by atoms with Crippen LogP contribution in [0.25, 0.3) is 11.0 Å². The van der Waals surface area contributed by atoms with Crippen molar-refractivity contribution >= 4 is 32.7 Å². The molecule has 4 heterocycles. The Labute approximate surface area is 145 Å². The molecule has 2 aliphatic rings. The van der Waals surface area contributed by atoms with Gasteiger partial charge in [0.1, 0.15) is 5.65 Å². The Morgan fingerprint density at radius 1 is 1.36 bits per heavy atom. The number of aromatic nitrogens is 2. The Morgan fingerprint density at radius 3 is 2.64 bits per heavy atom. The third-order valence-corrected chi connectivity index (χ3v) is 6.61. The molecular weight excluding hydrogens is 342 g/mol. The second-order valence-corrected chi connectivity index (χ2v) is 8.83. The fourth-order valence-corrected chi connectivity index (χ4v) is 5.81. The zero-order valence-corrected chi connectivity index (χ0v) is 14.7. The van der Waals surface area contributed by atoms with Gasteiger partial charge in [0, 0.05) is 35.9 Å². The summed E-state index contributed by atoms with van der Waals surface area (Å²) in [5.41, 5.74) is 7.22. The number of anilines is 1. The van der Waals surface area contributed by atoms with E-state index in [9.17, 15) is 13.2 Å². The van der Waals surface area contributed by atoms with Crippen LogP contribution in [0.1, 0.15) is 36.0 Å². The average molecular weight is 363 g/mol. The van der Waals surface area contributed by atoms with Crippen LogP contribution < -0.4 is 11.1 Å². The topological polar surface area (TPSA) is 121 Å². The number of piperidine rings is 1. The predicted octanol–water partition coefficient (Wildman–Crippen LogP) is 1.03. The molecule has 2 fully saturated rings. The summed E-state index contributed by atoms with van der Waals surface area (Å²) in [5, 5.41) is 4.26. The van der Waals surface area contributed by atoms with Crippen molar-refractivity contribution in [1.82, 2.24) is 14.3 Å². The smallest absolute Gasteiger partial charge is 0.252 e.